The van der Waals surface area contributed by atoms with Crippen LogP contribution in [-0.4, -0.2) is 19.5 Å². The van der Waals surface area contributed by atoms with Crippen molar-refractivity contribution in [3.05, 3.63) is 206 Å². The fourth-order valence-corrected chi connectivity index (χ4v) is 8.85. The lowest BCUT2D eigenvalue weighted by molar-refractivity contribution is 1.18. The molecule has 0 fully saturated rings. The van der Waals surface area contributed by atoms with Gasteiger partial charge < -0.3 is 4.57 Å². The van der Waals surface area contributed by atoms with Crippen LogP contribution in [0.1, 0.15) is 0 Å². The Kier molecular flexibility index (Phi) is 7.50. The van der Waals surface area contributed by atoms with E-state index in [1.807, 2.05) is 18.2 Å². The molecule has 0 saturated heterocycles. The summed E-state index contributed by atoms with van der Waals surface area (Å²) in [6.07, 6.45) is 0. The van der Waals surface area contributed by atoms with E-state index in [9.17, 15) is 0 Å². The summed E-state index contributed by atoms with van der Waals surface area (Å²) in [6, 6.07) is 73.2. The van der Waals surface area contributed by atoms with E-state index in [0.717, 1.165) is 88.7 Å². The van der Waals surface area contributed by atoms with Crippen molar-refractivity contribution in [2.24, 2.45) is 0 Å². The smallest absolute Gasteiger partial charge is 0.0972 e. The van der Waals surface area contributed by atoms with Gasteiger partial charge in [-0.3, -0.25) is 0 Å². The molecule has 0 saturated carbocycles. The van der Waals surface area contributed by atoms with Crippen molar-refractivity contribution in [1.82, 2.24) is 19.5 Å². The first-order chi connectivity index (χ1) is 29.2. The van der Waals surface area contributed by atoms with Crippen molar-refractivity contribution in [2.75, 3.05) is 0 Å². The van der Waals surface area contributed by atoms with E-state index in [1.54, 1.807) is 0 Å². The van der Waals surface area contributed by atoms with Crippen molar-refractivity contribution in [3.63, 3.8) is 0 Å². The van der Waals surface area contributed by atoms with Gasteiger partial charge >= 0.3 is 0 Å². The molecule has 59 heavy (non-hydrogen) atoms. The van der Waals surface area contributed by atoms with E-state index in [2.05, 4.69) is 193 Å². The van der Waals surface area contributed by atoms with E-state index >= 15 is 0 Å². The molecule has 0 bridgehead atoms. The lowest BCUT2D eigenvalue weighted by Crippen LogP contribution is -1.94. The standard InChI is InChI=1S/C55H34N4/c1-4-12-36(13-5-1)48-30-27-39-24-25-40-28-31-49(57-55(40)54(39)56-48)37-22-20-35(21-23-37)41-26-29-43-45-33-46-44-18-10-11-19-51(44)59(42-16-8-3-9-17-42)52(46)34-47(45)53(58-50(43)32-41)38-14-6-2-7-15-38/h1-34H. The highest BCUT2D eigenvalue weighted by molar-refractivity contribution is 6.20. The zero-order chi connectivity index (χ0) is 38.9. The number of rotatable bonds is 5. The van der Waals surface area contributed by atoms with Crippen molar-refractivity contribution in [1.29, 1.82) is 0 Å². The number of pyridine rings is 3. The number of hydrogen-bond acceptors (Lipinski definition) is 3. The Hall–Kier alpha value is -7.95. The lowest BCUT2D eigenvalue weighted by atomic mass is 9.95. The van der Waals surface area contributed by atoms with Gasteiger partial charge in [0.15, 0.2) is 0 Å². The third-order valence-corrected chi connectivity index (χ3v) is 11.8. The molecule has 0 N–H and O–H groups in total. The minimum absolute atomic E-state index is 0.908. The fraction of sp³-hybridized carbons (Fsp3) is 0. The molecule has 0 radical (unpaired) electrons. The maximum atomic E-state index is 5.44. The second-order valence-corrected chi connectivity index (χ2v) is 15.2. The molecule has 12 aromatic rings. The summed E-state index contributed by atoms with van der Waals surface area (Å²) in [5.41, 5.74) is 14.6. The molecule has 0 amide bonds. The Morgan fingerprint density at radius 1 is 0.305 bits per heavy atom. The van der Waals surface area contributed by atoms with Gasteiger partial charge in [-0.05, 0) is 65.0 Å². The molecule has 4 heteroatoms. The molecule has 4 aromatic heterocycles. The molecule has 0 atom stereocenters. The molecular weight excluding hydrogens is 717 g/mol. The molecule has 8 aromatic carbocycles. The normalized spacial score (nSPS) is 11.7. The van der Waals surface area contributed by atoms with Crippen LogP contribution in [0.3, 0.4) is 0 Å². The first kappa shape index (κ1) is 33.2. The summed E-state index contributed by atoms with van der Waals surface area (Å²) in [4.78, 5) is 15.8. The summed E-state index contributed by atoms with van der Waals surface area (Å²) < 4.78 is 2.38. The molecule has 4 heterocycles. The van der Waals surface area contributed by atoms with Gasteiger partial charge in [0, 0.05) is 54.7 Å². The van der Waals surface area contributed by atoms with Crippen LogP contribution in [0.5, 0.6) is 0 Å². The van der Waals surface area contributed by atoms with E-state index < -0.39 is 0 Å². The van der Waals surface area contributed by atoms with Crippen molar-refractivity contribution < 1.29 is 0 Å². The molecule has 0 spiro atoms. The molecule has 0 aliphatic carbocycles. The van der Waals surface area contributed by atoms with Crippen LogP contribution in [0.25, 0.3) is 116 Å². The number of hydrogen-bond donors (Lipinski definition) is 0. The van der Waals surface area contributed by atoms with Gasteiger partial charge in [0.1, 0.15) is 0 Å². The SMILES string of the molecule is c1ccc(-c2ccc3ccc4ccc(-c5ccc(-c6ccc7c(c6)nc(-c6ccccc6)c6cc8c(cc67)c6ccccc6n8-c6ccccc6)cc5)nc4c3n2)cc1. The zero-order valence-corrected chi connectivity index (χ0v) is 31.9. The number of benzene rings is 8. The minimum Gasteiger partial charge on any atom is -0.309 e. The van der Waals surface area contributed by atoms with Gasteiger partial charge in [-0.1, -0.05) is 158 Å². The molecule has 0 aliphatic heterocycles. The predicted molar refractivity (Wildman–Crippen MR) is 246 cm³/mol. The van der Waals surface area contributed by atoms with Gasteiger partial charge in [-0.2, -0.15) is 0 Å². The number of fused-ring (bicyclic) bond motifs is 9. The second kappa shape index (κ2) is 13.3. The Morgan fingerprint density at radius 3 is 1.56 bits per heavy atom. The summed E-state index contributed by atoms with van der Waals surface area (Å²) in [5, 5.41) is 8.08. The third-order valence-electron chi connectivity index (χ3n) is 11.8. The number of nitrogens with zero attached hydrogens (tertiary/aromatic N) is 4. The first-order valence-corrected chi connectivity index (χ1v) is 20.0. The van der Waals surface area contributed by atoms with Crippen LogP contribution in [0, 0.1) is 0 Å². The molecule has 0 unspecified atom stereocenters. The Labute approximate surface area is 340 Å². The van der Waals surface area contributed by atoms with Crippen molar-refractivity contribution in [3.8, 4) is 50.6 Å². The van der Waals surface area contributed by atoms with Crippen LogP contribution in [-0.2, 0) is 0 Å². The maximum Gasteiger partial charge on any atom is 0.0972 e. The first-order valence-electron chi connectivity index (χ1n) is 20.0. The van der Waals surface area contributed by atoms with Gasteiger partial charge in [0.05, 0.1) is 44.7 Å². The Morgan fingerprint density at radius 2 is 0.864 bits per heavy atom. The summed E-state index contributed by atoms with van der Waals surface area (Å²) in [7, 11) is 0. The monoisotopic (exact) mass is 750 g/mol. The summed E-state index contributed by atoms with van der Waals surface area (Å²) >= 11 is 0. The van der Waals surface area contributed by atoms with Gasteiger partial charge in [-0.25, -0.2) is 15.0 Å². The molecule has 0 aliphatic rings. The Bertz CT molecular complexity index is 3580. The van der Waals surface area contributed by atoms with E-state index in [0.29, 0.717) is 0 Å². The van der Waals surface area contributed by atoms with Crippen molar-refractivity contribution >= 4 is 65.3 Å². The summed E-state index contributed by atoms with van der Waals surface area (Å²) in [6.45, 7) is 0. The van der Waals surface area contributed by atoms with E-state index in [-0.39, 0.29) is 0 Å². The van der Waals surface area contributed by atoms with Crippen LogP contribution >= 0.6 is 0 Å². The predicted octanol–water partition coefficient (Wildman–Crippen LogP) is 14.2. The third kappa shape index (κ3) is 5.49. The van der Waals surface area contributed by atoms with Crippen molar-refractivity contribution in [2.45, 2.75) is 0 Å². The van der Waals surface area contributed by atoms with Gasteiger partial charge in [-0.15, -0.1) is 0 Å². The average Bonchev–Trinajstić information content (AvgIpc) is 3.64. The number of aromatic nitrogens is 4. The second-order valence-electron chi connectivity index (χ2n) is 15.2. The van der Waals surface area contributed by atoms with E-state index in [1.165, 1.54) is 27.2 Å². The zero-order valence-electron chi connectivity index (χ0n) is 31.9. The molecule has 12 rings (SSSR count). The van der Waals surface area contributed by atoms with Crippen LogP contribution in [0.4, 0.5) is 0 Å². The largest absolute Gasteiger partial charge is 0.309 e. The minimum atomic E-state index is 0.908. The van der Waals surface area contributed by atoms with Crippen LogP contribution in [0.2, 0.25) is 0 Å². The Balaban J connectivity index is 0.979. The molecule has 4 nitrogen and oxygen atoms in total. The molecular formula is C55H34N4. The number of para-hydroxylation sites is 2. The fourth-order valence-electron chi connectivity index (χ4n) is 8.85. The maximum absolute atomic E-state index is 5.44. The van der Waals surface area contributed by atoms with E-state index in [4.69, 9.17) is 15.0 Å². The van der Waals surface area contributed by atoms with Crippen LogP contribution < -0.4 is 0 Å². The highest BCUT2D eigenvalue weighted by Crippen LogP contribution is 2.41. The quantitative estimate of drug-likeness (QED) is 0.165. The topological polar surface area (TPSA) is 43.6 Å². The van der Waals surface area contributed by atoms with Crippen LogP contribution in [0.15, 0.2) is 206 Å². The summed E-state index contributed by atoms with van der Waals surface area (Å²) in [5.74, 6) is 0. The van der Waals surface area contributed by atoms with Gasteiger partial charge in [0.25, 0.3) is 0 Å². The highest BCUT2D eigenvalue weighted by atomic mass is 15.0. The van der Waals surface area contributed by atoms with Gasteiger partial charge in [0.2, 0.25) is 0 Å². The lowest BCUT2D eigenvalue weighted by Gasteiger charge is -2.13. The highest BCUT2D eigenvalue weighted by Gasteiger charge is 2.18. The average molecular weight is 751 g/mol. The molecule has 274 valence electrons.